The van der Waals surface area contributed by atoms with E-state index in [4.69, 9.17) is 8.83 Å². The molecule has 0 unspecified atom stereocenters. The monoisotopic (exact) mass is 593 g/mol. The number of benzene rings is 3. The topological polar surface area (TPSA) is 106 Å². The summed E-state index contributed by atoms with van der Waals surface area (Å²) in [5, 5.41) is 4.84. The molecular formula is C29H21F2N3O5S2. The van der Waals surface area contributed by atoms with Crippen LogP contribution in [0.4, 0.5) is 14.5 Å². The maximum absolute atomic E-state index is 14.2. The van der Waals surface area contributed by atoms with Gasteiger partial charge in [-0.3, -0.25) is 9.10 Å². The van der Waals surface area contributed by atoms with Gasteiger partial charge >= 0.3 is 0 Å². The van der Waals surface area contributed by atoms with Crippen molar-refractivity contribution in [2.24, 2.45) is 0 Å². The molecule has 0 saturated heterocycles. The summed E-state index contributed by atoms with van der Waals surface area (Å²) < 4.78 is 66.1. The molecule has 6 aromatic rings. The number of furan rings is 1. The van der Waals surface area contributed by atoms with Crippen LogP contribution in [-0.4, -0.2) is 39.7 Å². The highest BCUT2D eigenvalue weighted by atomic mass is 32.2. The van der Waals surface area contributed by atoms with Crippen molar-refractivity contribution in [2.45, 2.75) is 0 Å². The van der Waals surface area contributed by atoms with E-state index in [1.807, 2.05) is 0 Å². The lowest BCUT2D eigenvalue weighted by Gasteiger charge is -2.20. The van der Waals surface area contributed by atoms with Gasteiger partial charge in [-0.15, -0.1) is 11.3 Å². The van der Waals surface area contributed by atoms with Crippen LogP contribution in [0.1, 0.15) is 10.4 Å². The van der Waals surface area contributed by atoms with Gasteiger partial charge < -0.3 is 14.2 Å². The maximum atomic E-state index is 14.2. The van der Waals surface area contributed by atoms with Crippen LogP contribution in [0.3, 0.4) is 0 Å². The zero-order valence-corrected chi connectivity index (χ0v) is 23.5. The van der Waals surface area contributed by atoms with E-state index >= 15 is 0 Å². The summed E-state index contributed by atoms with van der Waals surface area (Å²) >= 11 is 1.29. The number of sulfonamides is 1. The van der Waals surface area contributed by atoms with Gasteiger partial charge in [0.2, 0.25) is 15.9 Å². The number of aromatic nitrogens is 1. The molecule has 0 bridgehead atoms. The number of nitrogens with one attached hydrogen (secondary N) is 1. The molecule has 3 aromatic carbocycles. The van der Waals surface area contributed by atoms with Crippen LogP contribution in [0, 0.1) is 11.6 Å². The molecular weight excluding hydrogens is 572 g/mol. The second-order valence-corrected chi connectivity index (χ2v) is 12.2. The second kappa shape index (κ2) is 9.82. The van der Waals surface area contributed by atoms with Gasteiger partial charge in [0, 0.05) is 36.7 Å². The summed E-state index contributed by atoms with van der Waals surface area (Å²) in [5.41, 5.74) is 2.78. The van der Waals surface area contributed by atoms with E-state index in [1.165, 1.54) is 61.8 Å². The lowest BCUT2D eigenvalue weighted by atomic mass is 9.99. The third kappa shape index (κ3) is 4.64. The lowest BCUT2D eigenvalue weighted by Crippen LogP contribution is -2.25. The summed E-state index contributed by atoms with van der Waals surface area (Å²) in [6.45, 7) is 0. The minimum atomic E-state index is -3.70. The van der Waals surface area contributed by atoms with Crippen LogP contribution in [0.15, 0.2) is 74.9 Å². The highest BCUT2D eigenvalue weighted by Gasteiger charge is 2.26. The average molecular weight is 594 g/mol. The van der Waals surface area contributed by atoms with Crippen molar-refractivity contribution >= 4 is 55.0 Å². The fourth-order valence-electron chi connectivity index (χ4n) is 4.57. The van der Waals surface area contributed by atoms with E-state index in [0.29, 0.717) is 38.2 Å². The van der Waals surface area contributed by atoms with Crippen LogP contribution in [-0.2, 0) is 10.0 Å². The SMILES string of the molecule is CNC(=O)c1c(-c2ccc(F)cc2)oc2cc(N(C)S(C)(=O)=O)c(-c3csc(-c4nc5c(F)cccc5o4)c3)cc12. The summed E-state index contributed by atoms with van der Waals surface area (Å²) in [6.07, 6.45) is 1.08. The summed E-state index contributed by atoms with van der Waals surface area (Å²) in [4.78, 5) is 18.0. The van der Waals surface area contributed by atoms with Crippen LogP contribution in [0.25, 0.3) is 55.3 Å². The normalized spacial score (nSPS) is 11.8. The van der Waals surface area contributed by atoms with Crippen molar-refractivity contribution < 1.29 is 30.8 Å². The minimum absolute atomic E-state index is 0.110. The van der Waals surface area contributed by atoms with E-state index in [2.05, 4.69) is 10.3 Å². The number of hydrogen-bond donors (Lipinski definition) is 1. The molecule has 1 N–H and O–H groups in total. The smallest absolute Gasteiger partial charge is 0.255 e. The fraction of sp³-hybridized carbons (Fsp3) is 0.103. The highest BCUT2D eigenvalue weighted by molar-refractivity contribution is 7.92. The minimum Gasteiger partial charge on any atom is -0.455 e. The number of anilines is 1. The number of amides is 1. The quantitative estimate of drug-likeness (QED) is 0.231. The lowest BCUT2D eigenvalue weighted by molar-refractivity contribution is 0.0964. The van der Waals surface area contributed by atoms with Gasteiger partial charge in [-0.25, -0.2) is 22.2 Å². The molecule has 0 radical (unpaired) electrons. The molecule has 8 nitrogen and oxygen atoms in total. The fourth-order valence-corrected chi connectivity index (χ4v) is 5.91. The van der Waals surface area contributed by atoms with Crippen molar-refractivity contribution in [2.75, 3.05) is 24.7 Å². The van der Waals surface area contributed by atoms with Gasteiger partial charge in [0.15, 0.2) is 11.4 Å². The molecule has 0 saturated carbocycles. The Labute approximate surface area is 236 Å². The van der Waals surface area contributed by atoms with Gasteiger partial charge in [0.1, 0.15) is 22.7 Å². The first kappa shape index (κ1) is 26.7. The highest BCUT2D eigenvalue weighted by Crippen LogP contribution is 2.43. The maximum Gasteiger partial charge on any atom is 0.255 e. The van der Waals surface area contributed by atoms with Crippen molar-refractivity contribution in [3.63, 3.8) is 0 Å². The van der Waals surface area contributed by atoms with Crippen molar-refractivity contribution in [3.05, 3.63) is 83.2 Å². The molecule has 0 aliphatic rings. The number of nitrogens with zero attached hydrogens (tertiary/aromatic N) is 2. The van der Waals surface area contributed by atoms with E-state index in [1.54, 1.807) is 29.6 Å². The predicted molar refractivity (Wildman–Crippen MR) is 155 cm³/mol. The Bertz CT molecular complexity index is 2080. The summed E-state index contributed by atoms with van der Waals surface area (Å²) in [6, 6.07) is 15.0. The number of para-hydroxylation sites is 1. The first-order valence-electron chi connectivity index (χ1n) is 12.2. The number of rotatable bonds is 6. The summed E-state index contributed by atoms with van der Waals surface area (Å²) in [5.74, 6) is -0.953. The van der Waals surface area contributed by atoms with E-state index < -0.39 is 27.6 Å². The Hall–Kier alpha value is -4.55. The number of oxazole rings is 1. The standard InChI is InChI=1S/C29H21F2N3O5S2/c1-32-28(35)25-19-12-18(16-11-24(40-14-16)29-33-26-20(31)5-4-6-22(26)39-29)21(34(2)41(3,36)37)13-23(19)38-27(25)15-7-9-17(30)10-8-15/h4-14H,1-3H3,(H,32,35). The molecule has 6 rings (SSSR count). The molecule has 0 fully saturated rings. The van der Waals surface area contributed by atoms with Gasteiger partial charge in [-0.1, -0.05) is 6.07 Å². The van der Waals surface area contributed by atoms with Crippen LogP contribution in [0.5, 0.6) is 0 Å². The molecule has 0 atom stereocenters. The van der Waals surface area contributed by atoms with E-state index in [9.17, 15) is 22.0 Å². The predicted octanol–water partition coefficient (Wildman–Crippen LogP) is 6.67. The van der Waals surface area contributed by atoms with Gasteiger partial charge in [0.05, 0.1) is 22.4 Å². The molecule has 0 aliphatic heterocycles. The summed E-state index contributed by atoms with van der Waals surface area (Å²) in [7, 11) is -0.802. The Morgan fingerprint density at radius 3 is 2.44 bits per heavy atom. The largest absolute Gasteiger partial charge is 0.455 e. The molecule has 1 amide bonds. The van der Waals surface area contributed by atoms with Gasteiger partial charge in [-0.2, -0.15) is 0 Å². The van der Waals surface area contributed by atoms with Crippen LogP contribution >= 0.6 is 11.3 Å². The zero-order valence-electron chi connectivity index (χ0n) is 21.9. The number of carbonyl (C=O) groups excluding carboxylic acids is 1. The van der Waals surface area contributed by atoms with Gasteiger partial charge in [-0.05, 0) is 59.5 Å². The molecule has 0 aliphatic carbocycles. The Morgan fingerprint density at radius 1 is 1.00 bits per heavy atom. The number of hydrogen-bond acceptors (Lipinski definition) is 7. The van der Waals surface area contributed by atoms with E-state index in [-0.39, 0.29) is 28.3 Å². The molecule has 3 heterocycles. The Kier molecular flexibility index (Phi) is 6.39. The van der Waals surface area contributed by atoms with Gasteiger partial charge in [0.25, 0.3) is 5.91 Å². The third-order valence-electron chi connectivity index (χ3n) is 6.69. The average Bonchev–Trinajstić information content (AvgIpc) is 3.68. The van der Waals surface area contributed by atoms with Crippen molar-refractivity contribution in [1.29, 1.82) is 0 Å². The molecule has 3 aromatic heterocycles. The number of halogens is 2. The molecule has 208 valence electrons. The second-order valence-electron chi connectivity index (χ2n) is 9.29. The first-order valence-corrected chi connectivity index (χ1v) is 14.9. The van der Waals surface area contributed by atoms with Crippen molar-refractivity contribution in [3.8, 4) is 33.2 Å². The third-order valence-corrected chi connectivity index (χ3v) is 8.80. The van der Waals surface area contributed by atoms with E-state index in [0.717, 1.165) is 10.6 Å². The van der Waals surface area contributed by atoms with Crippen LogP contribution in [0.2, 0.25) is 0 Å². The molecule has 41 heavy (non-hydrogen) atoms. The Morgan fingerprint density at radius 2 is 1.76 bits per heavy atom. The molecule has 0 spiro atoms. The zero-order chi connectivity index (χ0) is 29.1. The number of carbonyl (C=O) groups is 1. The Balaban J connectivity index is 1.58. The number of fused-ring (bicyclic) bond motifs is 2. The first-order chi connectivity index (χ1) is 19.5. The van der Waals surface area contributed by atoms with Crippen molar-refractivity contribution in [1.82, 2.24) is 10.3 Å². The molecule has 12 heteroatoms. The van der Waals surface area contributed by atoms with Crippen LogP contribution < -0.4 is 9.62 Å². The number of thiophene rings is 1.